The van der Waals surface area contributed by atoms with Gasteiger partial charge in [0.2, 0.25) is 8.32 Å². The highest BCUT2D eigenvalue weighted by Crippen LogP contribution is 2.37. The molecule has 2 atom stereocenters. The molecule has 0 saturated heterocycles. The first-order chi connectivity index (χ1) is 9.45. The third kappa shape index (κ3) is 4.29. The molecule has 0 aliphatic rings. The summed E-state index contributed by atoms with van der Waals surface area (Å²) < 4.78 is 6.09. The van der Waals surface area contributed by atoms with Crippen LogP contribution < -0.4 is 4.43 Å². The fraction of sp³-hybridized carbons (Fsp3) is 0.533. The number of carbonyl (C=O) groups is 1. The Balaban J connectivity index is 2.86. The highest BCUT2D eigenvalue weighted by Gasteiger charge is 2.39. The zero-order chi connectivity index (χ0) is 16.4. The molecule has 21 heavy (non-hydrogen) atoms. The van der Waals surface area contributed by atoms with Crippen LogP contribution in [0.15, 0.2) is 24.3 Å². The lowest BCUT2D eigenvalue weighted by molar-refractivity contribution is -0.153. The summed E-state index contributed by atoms with van der Waals surface area (Å²) >= 11 is 0. The van der Waals surface area contributed by atoms with Gasteiger partial charge in [-0.2, -0.15) is 0 Å². The monoisotopic (exact) mass is 312 g/mol. The number of aliphatic hydroxyl groups is 2. The first kappa shape index (κ1) is 17.7. The topological polar surface area (TPSA) is 87.0 Å². The van der Waals surface area contributed by atoms with Crippen molar-refractivity contribution in [1.29, 1.82) is 0 Å². The van der Waals surface area contributed by atoms with Crippen molar-refractivity contribution in [2.45, 2.75) is 51.1 Å². The molecule has 1 rings (SSSR count). The van der Waals surface area contributed by atoms with E-state index in [0.717, 1.165) is 0 Å². The predicted octanol–water partition coefficient (Wildman–Crippen LogP) is 2.55. The molecule has 118 valence electrons. The lowest BCUT2D eigenvalue weighted by Gasteiger charge is -2.36. The molecule has 0 fully saturated rings. The second-order valence-corrected chi connectivity index (χ2v) is 11.4. The van der Waals surface area contributed by atoms with Crippen molar-refractivity contribution in [3.63, 3.8) is 0 Å². The van der Waals surface area contributed by atoms with Crippen molar-refractivity contribution in [1.82, 2.24) is 0 Å². The van der Waals surface area contributed by atoms with Crippen molar-refractivity contribution in [2.24, 2.45) is 0 Å². The van der Waals surface area contributed by atoms with E-state index in [1.165, 1.54) is 0 Å². The molecule has 0 heterocycles. The van der Waals surface area contributed by atoms with Crippen molar-refractivity contribution >= 4 is 14.3 Å². The van der Waals surface area contributed by atoms with Gasteiger partial charge in [-0.1, -0.05) is 32.9 Å². The van der Waals surface area contributed by atoms with E-state index < -0.39 is 26.5 Å². The standard InChI is InChI=1S/C15H24O5Si/c1-15(2,3)21(4,5)20-11-8-6-10(7-9-11)12(16)13(17)14(18)19/h6-9,12-13,16-17H,1-5H3,(H,18,19). The smallest absolute Gasteiger partial charge is 0.335 e. The number of rotatable bonds is 5. The van der Waals surface area contributed by atoms with E-state index in [-0.39, 0.29) is 5.04 Å². The number of aliphatic hydroxyl groups excluding tert-OH is 2. The lowest BCUT2D eigenvalue weighted by Crippen LogP contribution is -2.43. The summed E-state index contributed by atoms with van der Waals surface area (Å²) in [6, 6.07) is 6.51. The molecule has 0 radical (unpaired) electrons. The average Bonchev–Trinajstić information content (AvgIpc) is 2.36. The quantitative estimate of drug-likeness (QED) is 0.727. The van der Waals surface area contributed by atoms with Crippen LogP contribution in [-0.2, 0) is 4.79 Å². The number of carboxylic acids is 1. The third-order valence-corrected chi connectivity index (χ3v) is 8.31. The summed E-state index contributed by atoms with van der Waals surface area (Å²) in [5.41, 5.74) is 0.340. The molecule has 0 bridgehead atoms. The molecule has 0 spiro atoms. The molecule has 0 aromatic heterocycles. The van der Waals surface area contributed by atoms with E-state index in [0.29, 0.717) is 11.3 Å². The van der Waals surface area contributed by atoms with Gasteiger partial charge in [0.05, 0.1) is 0 Å². The first-order valence-corrected chi connectivity index (χ1v) is 9.74. The first-order valence-electron chi connectivity index (χ1n) is 6.83. The summed E-state index contributed by atoms with van der Waals surface area (Å²) in [4.78, 5) is 10.6. The highest BCUT2D eigenvalue weighted by molar-refractivity contribution is 6.74. The van der Waals surface area contributed by atoms with Crippen LogP contribution in [0.25, 0.3) is 0 Å². The molecule has 1 aromatic rings. The number of aliphatic carboxylic acids is 1. The van der Waals surface area contributed by atoms with Gasteiger partial charge in [-0.05, 0) is 35.8 Å². The third-order valence-electron chi connectivity index (χ3n) is 3.95. The van der Waals surface area contributed by atoms with E-state index in [1.54, 1.807) is 24.3 Å². The van der Waals surface area contributed by atoms with Crippen LogP contribution in [0.1, 0.15) is 32.4 Å². The van der Waals surface area contributed by atoms with Crippen LogP contribution in [0.5, 0.6) is 5.75 Å². The van der Waals surface area contributed by atoms with Crippen LogP contribution in [-0.4, -0.2) is 35.7 Å². The fourth-order valence-corrected chi connectivity index (χ4v) is 2.53. The van der Waals surface area contributed by atoms with Crippen LogP contribution in [0.4, 0.5) is 0 Å². The molecule has 6 heteroatoms. The largest absolute Gasteiger partial charge is 0.544 e. The number of hydrogen-bond acceptors (Lipinski definition) is 4. The van der Waals surface area contributed by atoms with Crippen LogP contribution in [0.3, 0.4) is 0 Å². The molecule has 0 aliphatic heterocycles. The number of carboxylic acid groups (broad SMARTS) is 1. The lowest BCUT2D eigenvalue weighted by atomic mass is 10.0. The predicted molar refractivity (Wildman–Crippen MR) is 82.9 cm³/mol. The number of benzene rings is 1. The van der Waals surface area contributed by atoms with Crippen molar-refractivity contribution in [3.8, 4) is 5.75 Å². The Hall–Kier alpha value is -1.37. The molecule has 1 aromatic carbocycles. The highest BCUT2D eigenvalue weighted by atomic mass is 28.4. The maximum atomic E-state index is 10.6. The van der Waals surface area contributed by atoms with E-state index in [4.69, 9.17) is 9.53 Å². The SMILES string of the molecule is CC(C)(C)[Si](C)(C)Oc1ccc(C(O)C(O)C(=O)O)cc1. The van der Waals surface area contributed by atoms with Crippen molar-refractivity contribution < 1.29 is 24.5 Å². The molecule has 0 aliphatic carbocycles. The van der Waals surface area contributed by atoms with E-state index in [1.807, 2.05) is 0 Å². The van der Waals surface area contributed by atoms with E-state index >= 15 is 0 Å². The van der Waals surface area contributed by atoms with E-state index in [2.05, 4.69) is 33.9 Å². The second kappa shape index (κ2) is 6.17. The molecular formula is C15H24O5Si. The maximum absolute atomic E-state index is 10.6. The van der Waals surface area contributed by atoms with Gasteiger partial charge in [0.25, 0.3) is 0 Å². The summed E-state index contributed by atoms with van der Waals surface area (Å²) in [6.45, 7) is 10.7. The van der Waals surface area contributed by atoms with Crippen LogP contribution >= 0.6 is 0 Å². The summed E-state index contributed by atoms with van der Waals surface area (Å²) in [7, 11) is -1.94. The fourth-order valence-electron chi connectivity index (χ4n) is 1.50. The van der Waals surface area contributed by atoms with Crippen molar-refractivity contribution in [2.75, 3.05) is 0 Å². The molecule has 2 unspecified atom stereocenters. The summed E-state index contributed by atoms with van der Waals surface area (Å²) in [6.07, 6.45) is -3.29. The molecule has 0 saturated carbocycles. The molecule has 5 nitrogen and oxygen atoms in total. The Morgan fingerprint density at radius 2 is 1.62 bits per heavy atom. The van der Waals surface area contributed by atoms with E-state index in [9.17, 15) is 15.0 Å². The van der Waals surface area contributed by atoms with Crippen LogP contribution in [0, 0.1) is 0 Å². The summed E-state index contributed by atoms with van der Waals surface area (Å²) in [5.74, 6) is -0.772. The van der Waals surface area contributed by atoms with Gasteiger partial charge in [-0.15, -0.1) is 0 Å². The van der Waals surface area contributed by atoms with Gasteiger partial charge in [-0.25, -0.2) is 4.79 Å². The Bertz CT molecular complexity index is 490. The van der Waals surface area contributed by atoms with Gasteiger partial charge >= 0.3 is 5.97 Å². The molecular weight excluding hydrogens is 288 g/mol. The minimum Gasteiger partial charge on any atom is -0.544 e. The molecule has 3 N–H and O–H groups in total. The molecule has 0 amide bonds. The van der Waals surface area contributed by atoms with Crippen LogP contribution in [0.2, 0.25) is 18.1 Å². The van der Waals surface area contributed by atoms with Gasteiger partial charge in [0.15, 0.2) is 6.10 Å². The van der Waals surface area contributed by atoms with Gasteiger partial charge in [-0.3, -0.25) is 0 Å². The Morgan fingerprint density at radius 1 is 1.14 bits per heavy atom. The van der Waals surface area contributed by atoms with Gasteiger partial charge in [0, 0.05) is 0 Å². The Kier molecular flexibility index (Phi) is 5.19. The van der Waals surface area contributed by atoms with Gasteiger partial charge < -0.3 is 19.7 Å². The minimum absolute atomic E-state index is 0.0741. The Morgan fingerprint density at radius 3 is 2.00 bits per heavy atom. The maximum Gasteiger partial charge on any atom is 0.335 e. The normalized spacial score (nSPS) is 15.4. The Labute approximate surface area is 126 Å². The zero-order valence-corrected chi connectivity index (χ0v) is 14.1. The average molecular weight is 312 g/mol. The minimum atomic E-state index is -1.94. The van der Waals surface area contributed by atoms with Gasteiger partial charge in [0.1, 0.15) is 11.9 Å². The van der Waals surface area contributed by atoms with Crippen molar-refractivity contribution in [3.05, 3.63) is 29.8 Å². The zero-order valence-electron chi connectivity index (χ0n) is 13.1. The summed E-state index contributed by atoms with van der Waals surface area (Å²) in [5, 5.41) is 27.8. The second-order valence-electron chi connectivity index (χ2n) is 6.66. The number of hydrogen-bond donors (Lipinski definition) is 3.